The molecule has 0 aliphatic heterocycles. The van der Waals surface area contributed by atoms with Crippen LogP contribution in [0.4, 0.5) is 0 Å². The van der Waals surface area contributed by atoms with Gasteiger partial charge in [-0.2, -0.15) is 0 Å². The molecule has 1 unspecified atom stereocenters. The van der Waals surface area contributed by atoms with Gasteiger partial charge in [-0.15, -0.1) is 0 Å². The zero-order valence-electron chi connectivity index (χ0n) is 10.1. The van der Waals surface area contributed by atoms with Crippen LogP contribution in [-0.4, -0.2) is 11.0 Å². The number of rotatable bonds is 4. The lowest BCUT2D eigenvalue weighted by Crippen LogP contribution is -2.26. The van der Waals surface area contributed by atoms with Crippen molar-refractivity contribution >= 4 is 39.1 Å². The molecule has 100 valence electrons. The molecule has 0 aliphatic carbocycles. The van der Waals surface area contributed by atoms with E-state index < -0.39 is 0 Å². The lowest BCUT2D eigenvalue weighted by molar-refractivity contribution is 0.654. The number of aromatic nitrogens is 1. The van der Waals surface area contributed by atoms with E-state index in [9.17, 15) is 0 Å². The molecule has 0 saturated carbocycles. The van der Waals surface area contributed by atoms with Gasteiger partial charge >= 0.3 is 0 Å². The second-order valence-corrected chi connectivity index (χ2v) is 6.13. The number of nitrogens with two attached hydrogens (primary N) is 1. The topological polar surface area (TPSA) is 38.9 Å². The molecule has 1 atom stereocenters. The lowest BCUT2D eigenvalue weighted by Gasteiger charge is -2.12. The first-order valence-corrected chi connectivity index (χ1v) is 7.39. The van der Waals surface area contributed by atoms with E-state index in [-0.39, 0.29) is 6.04 Å². The van der Waals surface area contributed by atoms with E-state index in [4.69, 9.17) is 28.9 Å². The average molecular weight is 360 g/mol. The van der Waals surface area contributed by atoms with Crippen LogP contribution in [0.5, 0.6) is 0 Å². The summed E-state index contributed by atoms with van der Waals surface area (Å²) in [6.07, 6.45) is 3.19. The van der Waals surface area contributed by atoms with Crippen molar-refractivity contribution in [3.63, 3.8) is 0 Å². The molecule has 5 heteroatoms. The van der Waals surface area contributed by atoms with Crippen LogP contribution in [0.15, 0.2) is 41.0 Å². The summed E-state index contributed by atoms with van der Waals surface area (Å²) in [5.41, 5.74) is 8.12. The Morgan fingerprint density at radius 1 is 1.16 bits per heavy atom. The number of nitrogens with zero attached hydrogens (tertiary/aromatic N) is 1. The standard InChI is InChI=1S/C14H13BrCl2N2/c15-10-2-4-13(19-8-10)7-12(18)5-9-1-3-11(16)6-14(9)17/h1-4,6,8,12H,5,7,18H2. The maximum atomic E-state index is 6.14. The maximum Gasteiger partial charge on any atom is 0.0453 e. The Hall–Kier alpha value is -0.610. The molecule has 2 N–H and O–H groups in total. The Morgan fingerprint density at radius 2 is 1.95 bits per heavy atom. The van der Waals surface area contributed by atoms with Crippen molar-refractivity contribution in [1.82, 2.24) is 4.98 Å². The first kappa shape index (κ1) is 14.8. The Kier molecular flexibility index (Phi) is 5.22. The van der Waals surface area contributed by atoms with Crippen molar-refractivity contribution in [3.05, 3.63) is 62.3 Å². The molecule has 1 heterocycles. The van der Waals surface area contributed by atoms with Crippen LogP contribution < -0.4 is 5.73 Å². The highest BCUT2D eigenvalue weighted by Crippen LogP contribution is 2.22. The third-order valence-electron chi connectivity index (χ3n) is 2.76. The minimum Gasteiger partial charge on any atom is -0.327 e. The van der Waals surface area contributed by atoms with Crippen LogP contribution >= 0.6 is 39.1 Å². The van der Waals surface area contributed by atoms with Crippen LogP contribution in [0.2, 0.25) is 10.0 Å². The summed E-state index contributed by atoms with van der Waals surface area (Å²) in [6, 6.07) is 9.39. The molecule has 0 radical (unpaired) electrons. The fourth-order valence-electron chi connectivity index (χ4n) is 1.84. The summed E-state index contributed by atoms with van der Waals surface area (Å²) in [5.74, 6) is 0. The quantitative estimate of drug-likeness (QED) is 0.885. The van der Waals surface area contributed by atoms with Gasteiger partial charge in [-0.25, -0.2) is 0 Å². The van der Waals surface area contributed by atoms with E-state index in [1.165, 1.54) is 0 Å². The Balaban J connectivity index is 2.01. The fraction of sp³-hybridized carbons (Fsp3) is 0.214. The smallest absolute Gasteiger partial charge is 0.0453 e. The largest absolute Gasteiger partial charge is 0.327 e. The van der Waals surface area contributed by atoms with E-state index in [2.05, 4.69) is 20.9 Å². The summed E-state index contributed by atoms with van der Waals surface area (Å²) in [7, 11) is 0. The van der Waals surface area contributed by atoms with Gasteiger partial charge in [0.05, 0.1) is 0 Å². The number of benzene rings is 1. The maximum absolute atomic E-state index is 6.14. The third kappa shape index (κ3) is 4.46. The van der Waals surface area contributed by atoms with Crippen LogP contribution in [0.1, 0.15) is 11.3 Å². The minimum atomic E-state index is -0.0210. The van der Waals surface area contributed by atoms with Crippen molar-refractivity contribution in [2.75, 3.05) is 0 Å². The number of pyridine rings is 1. The molecule has 0 fully saturated rings. The number of hydrogen-bond donors (Lipinski definition) is 1. The summed E-state index contributed by atoms with van der Waals surface area (Å²) in [6.45, 7) is 0. The first-order valence-electron chi connectivity index (χ1n) is 5.84. The van der Waals surface area contributed by atoms with Gasteiger partial charge in [-0.05, 0) is 52.2 Å². The van der Waals surface area contributed by atoms with Gasteiger partial charge < -0.3 is 5.73 Å². The van der Waals surface area contributed by atoms with E-state index in [0.29, 0.717) is 22.9 Å². The molecule has 19 heavy (non-hydrogen) atoms. The monoisotopic (exact) mass is 358 g/mol. The summed E-state index contributed by atoms with van der Waals surface area (Å²) < 4.78 is 0.963. The van der Waals surface area contributed by atoms with Gasteiger partial charge in [0.2, 0.25) is 0 Å². The molecule has 1 aromatic carbocycles. The van der Waals surface area contributed by atoms with Gasteiger partial charge in [-0.1, -0.05) is 29.3 Å². The number of halogens is 3. The fourth-order valence-corrected chi connectivity index (χ4v) is 2.56. The Morgan fingerprint density at radius 3 is 2.58 bits per heavy atom. The Labute approximate surface area is 131 Å². The lowest BCUT2D eigenvalue weighted by atomic mass is 10.0. The average Bonchev–Trinajstić information content (AvgIpc) is 2.36. The minimum absolute atomic E-state index is 0.0210. The summed E-state index contributed by atoms with van der Waals surface area (Å²) in [5, 5.41) is 1.30. The van der Waals surface area contributed by atoms with Gasteiger partial charge in [0.25, 0.3) is 0 Å². The molecular formula is C14H13BrCl2N2. The van der Waals surface area contributed by atoms with E-state index in [1.807, 2.05) is 24.3 Å². The molecule has 2 nitrogen and oxygen atoms in total. The van der Waals surface area contributed by atoms with Gasteiger partial charge in [0.1, 0.15) is 0 Å². The third-order valence-corrected chi connectivity index (χ3v) is 3.81. The highest BCUT2D eigenvalue weighted by Gasteiger charge is 2.09. The van der Waals surface area contributed by atoms with E-state index in [1.54, 1.807) is 12.3 Å². The zero-order valence-corrected chi connectivity index (χ0v) is 13.2. The summed E-state index contributed by atoms with van der Waals surface area (Å²) in [4.78, 5) is 4.32. The highest BCUT2D eigenvalue weighted by atomic mass is 79.9. The second-order valence-electron chi connectivity index (χ2n) is 4.37. The zero-order chi connectivity index (χ0) is 13.8. The predicted molar refractivity (Wildman–Crippen MR) is 83.8 cm³/mol. The molecule has 0 spiro atoms. The van der Waals surface area contributed by atoms with Gasteiger partial charge in [-0.3, -0.25) is 4.98 Å². The Bertz CT molecular complexity index is 558. The van der Waals surface area contributed by atoms with Crippen LogP contribution in [0, 0.1) is 0 Å². The van der Waals surface area contributed by atoms with Gasteiger partial charge in [0, 0.05) is 38.9 Å². The van der Waals surface area contributed by atoms with Crippen LogP contribution in [-0.2, 0) is 12.8 Å². The molecule has 2 rings (SSSR count). The molecule has 1 aromatic heterocycles. The van der Waals surface area contributed by atoms with Crippen molar-refractivity contribution in [1.29, 1.82) is 0 Å². The highest BCUT2D eigenvalue weighted by molar-refractivity contribution is 9.10. The molecule has 0 amide bonds. The molecule has 0 aliphatic rings. The normalized spacial score (nSPS) is 12.4. The van der Waals surface area contributed by atoms with Crippen LogP contribution in [0.25, 0.3) is 0 Å². The number of hydrogen-bond acceptors (Lipinski definition) is 2. The van der Waals surface area contributed by atoms with Gasteiger partial charge in [0.15, 0.2) is 0 Å². The van der Waals surface area contributed by atoms with Crippen molar-refractivity contribution < 1.29 is 0 Å². The predicted octanol–water partition coefficient (Wildman–Crippen LogP) is 4.26. The van der Waals surface area contributed by atoms with Crippen LogP contribution in [0.3, 0.4) is 0 Å². The SMILES string of the molecule is NC(Cc1ccc(Br)cn1)Cc1ccc(Cl)cc1Cl. The molecule has 0 saturated heterocycles. The van der Waals surface area contributed by atoms with E-state index >= 15 is 0 Å². The molecule has 0 bridgehead atoms. The van der Waals surface area contributed by atoms with Crippen molar-refractivity contribution in [2.24, 2.45) is 5.73 Å². The van der Waals surface area contributed by atoms with E-state index in [0.717, 1.165) is 15.7 Å². The molecule has 2 aromatic rings. The second kappa shape index (κ2) is 6.71. The molecular weight excluding hydrogens is 347 g/mol. The van der Waals surface area contributed by atoms with Crippen molar-refractivity contribution in [2.45, 2.75) is 18.9 Å². The summed E-state index contributed by atoms with van der Waals surface area (Å²) >= 11 is 15.4. The first-order chi connectivity index (χ1) is 9.04. The van der Waals surface area contributed by atoms with Crippen molar-refractivity contribution in [3.8, 4) is 0 Å².